The lowest BCUT2D eigenvalue weighted by molar-refractivity contribution is -0.194. The first-order valence-electron chi connectivity index (χ1n) is 13.0. The molecule has 32 heavy (non-hydrogen) atoms. The normalized spacial score (nSPS) is 46.4. The molecule has 10 atom stereocenters. The Hall–Kier alpha value is -1.10. The second kappa shape index (κ2) is 8.92. The summed E-state index contributed by atoms with van der Waals surface area (Å²) in [4.78, 5) is 23.8. The molecule has 0 saturated heterocycles. The first-order chi connectivity index (χ1) is 15.1. The predicted octanol–water partition coefficient (Wildman–Crippen LogP) is 5.14. The lowest BCUT2D eigenvalue weighted by Gasteiger charge is -2.62. The molecule has 5 heteroatoms. The van der Waals surface area contributed by atoms with E-state index in [4.69, 9.17) is 9.47 Å². The topological polar surface area (TPSA) is 72.8 Å². The molecule has 4 aliphatic carbocycles. The zero-order chi connectivity index (χ0) is 23.3. The monoisotopic (exact) mass is 448 g/mol. The summed E-state index contributed by atoms with van der Waals surface area (Å²) >= 11 is 0. The Labute approximate surface area is 194 Å². The first-order valence-corrected chi connectivity index (χ1v) is 13.0. The van der Waals surface area contributed by atoms with Crippen molar-refractivity contribution in [1.29, 1.82) is 0 Å². The number of ether oxygens (including phenoxy) is 2. The van der Waals surface area contributed by atoms with Gasteiger partial charge in [0, 0.05) is 19.3 Å². The van der Waals surface area contributed by atoms with Crippen molar-refractivity contribution in [3.8, 4) is 0 Å². The summed E-state index contributed by atoms with van der Waals surface area (Å²) in [6.07, 6.45) is 9.75. The van der Waals surface area contributed by atoms with E-state index in [1.54, 1.807) is 6.92 Å². The van der Waals surface area contributed by atoms with Crippen molar-refractivity contribution < 1.29 is 24.2 Å². The van der Waals surface area contributed by atoms with Gasteiger partial charge in [-0.3, -0.25) is 9.59 Å². The molecule has 4 rings (SSSR count). The van der Waals surface area contributed by atoms with Gasteiger partial charge in [-0.15, -0.1) is 0 Å². The van der Waals surface area contributed by atoms with Crippen LogP contribution in [0.4, 0.5) is 0 Å². The van der Waals surface area contributed by atoms with Crippen LogP contribution in [0, 0.1) is 46.3 Å². The van der Waals surface area contributed by atoms with Crippen LogP contribution < -0.4 is 0 Å². The maximum Gasteiger partial charge on any atom is 0.305 e. The molecular formula is C27H44O5. The van der Waals surface area contributed by atoms with Crippen LogP contribution in [0.5, 0.6) is 0 Å². The van der Waals surface area contributed by atoms with Crippen LogP contribution in [0.1, 0.15) is 91.9 Å². The molecule has 0 amide bonds. The van der Waals surface area contributed by atoms with E-state index in [9.17, 15) is 14.7 Å². The third-order valence-electron chi connectivity index (χ3n) is 10.7. The highest BCUT2D eigenvalue weighted by molar-refractivity contribution is 5.69. The molecule has 0 radical (unpaired) electrons. The molecule has 0 unspecified atom stereocenters. The fourth-order valence-corrected chi connectivity index (χ4v) is 9.13. The molecule has 0 aromatic carbocycles. The number of carbonyl (C=O) groups excluding carboxylic acids is 2. The molecular weight excluding hydrogens is 404 g/mol. The van der Waals surface area contributed by atoms with Crippen LogP contribution in [0.2, 0.25) is 0 Å². The van der Waals surface area contributed by atoms with E-state index >= 15 is 0 Å². The Kier molecular flexibility index (Phi) is 6.70. The third-order valence-corrected chi connectivity index (χ3v) is 10.7. The average molecular weight is 449 g/mol. The minimum Gasteiger partial charge on any atom is -0.469 e. The summed E-state index contributed by atoms with van der Waals surface area (Å²) in [5.74, 6) is 2.83. The van der Waals surface area contributed by atoms with Gasteiger partial charge in [0.1, 0.15) is 6.10 Å². The number of hydrogen-bond donors (Lipinski definition) is 1. The molecule has 182 valence electrons. The van der Waals surface area contributed by atoms with Gasteiger partial charge >= 0.3 is 11.9 Å². The highest BCUT2D eigenvalue weighted by Crippen LogP contribution is 2.68. The minimum atomic E-state index is -0.206. The Morgan fingerprint density at radius 1 is 1.03 bits per heavy atom. The molecule has 0 aromatic rings. The number of methoxy groups -OCH3 is 1. The highest BCUT2D eigenvalue weighted by atomic mass is 16.5. The average Bonchev–Trinajstić information content (AvgIpc) is 3.09. The molecule has 0 heterocycles. The predicted molar refractivity (Wildman–Crippen MR) is 123 cm³/mol. The van der Waals surface area contributed by atoms with Gasteiger partial charge in [-0.2, -0.15) is 0 Å². The smallest absolute Gasteiger partial charge is 0.305 e. The van der Waals surface area contributed by atoms with Gasteiger partial charge < -0.3 is 14.6 Å². The van der Waals surface area contributed by atoms with E-state index in [2.05, 4.69) is 20.8 Å². The summed E-state index contributed by atoms with van der Waals surface area (Å²) in [6.45, 7) is 8.83. The summed E-state index contributed by atoms with van der Waals surface area (Å²) in [5, 5.41) is 10.4. The molecule has 0 spiro atoms. The summed E-state index contributed by atoms with van der Waals surface area (Å²) in [6, 6.07) is 0. The molecule has 0 aliphatic heterocycles. The maximum atomic E-state index is 12.1. The highest BCUT2D eigenvalue weighted by Gasteiger charge is 2.63. The van der Waals surface area contributed by atoms with Crippen LogP contribution in [-0.2, 0) is 19.1 Å². The molecule has 0 aromatic heterocycles. The van der Waals surface area contributed by atoms with Crippen LogP contribution in [0.3, 0.4) is 0 Å². The number of esters is 2. The van der Waals surface area contributed by atoms with E-state index in [-0.39, 0.29) is 35.0 Å². The van der Waals surface area contributed by atoms with Crippen LogP contribution in [-0.4, -0.2) is 36.4 Å². The van der Waals surface area contributed by atoms with Gasteiger partial charge in [0.15, 0.2) is 0 Å². The maximum absolute atomic E-state index is 12.1. The van der Waals surface area contributed by atoms with Gasteiger partial charge in [-0.25, -0.2) is 0 Å². The lowest BCUT2D eigenvalue weighted by atomic mass is 9.43. The van der Waals surface area contributed by atoms with Crippen molar-refractivity contribution in [2.75, 3.05) is 7.11 Å². The number of hydrogen-bond acceptors (Lipinski definition) is 5. The van der Waals surface area contributed by atoms with Crippen molar-refractivity contribution in [3.05, 3.63) is 0 Å². The van der Waals surface area contributed by atoms with Gasteiger partial charge in [0.05, 0.1) is 13.2 Å². The largest absolute Gasteiger partial charge is 0.469 e. The Morgan fingerprint density at radius 2 is 1.72 bits per heavy atom. The Bertz CT molecular complexity index is 721. The van der Waals surface area contributed by atoms with E-state index in [0.717, 1.165) is 32.1 Å². The minimum absolute atomic E-state index is 0.0189. The molecule has 0 bridgehead atoms. The Balaban J connectivity index is 1.59. The SMILES string of the molecule is COC(=O)CC[C@H](C)[C@H]1CC[C@H]2[C@@H]3[C@H](OC(C)=O)C[C@H]4C[C@@H](O)CC[C@]4(C)[C@H]3CC[C@]12C. The van der Waals surface area contributed by atoms with E-state index in [1.807, 2.05) is 0 Å². The Morgan fingerprint density at radius 3 is 2.41 bits per heavy atom. The lowest BCUT2D eigenvalue weighted by Crippen LogP contribution is -2.59. The molecule has 4 aliphatic rings. The van der Waals surface area contributed by atoms with Crippen LogP contribution >= 0.6 is 0 Å². The second-order valence-electron chi connectivity index (χ2n) is 12.1. The van der Waals surface area contributed by atoms with Gasteiger partial charge in [0.25, 0.3) is 0 Å². The van der Waals surface area contributed by atoms with Gasteiger partial charge in [0.2, 0.25) is 0 Å². The molecule has 5 nitrogen and oxygen atoms in total. The number of fused-ring (bicyclic) bond motifs is 5. The standard InChI is InChI=1S/C27H44O5/c1-16(6-9-24(30)31-5)20-7-8-21-25-22(11-13-27(20,21)4)26(3)12-10-19(29)14-18(26)15-23(25)32-17(2)28/h16,18-23,25,29H,6-15H2,1-5H3/t16-,18+,19-,20+,21-,22-,23+,25-,26-,27+/m0/s1. The molecule has 1 N–H and O–H groups in total. The van der Waals surface area contributed by atoms with Crippen molar-refractivity contribution in [2.24, 2.45) is 46.3 Å². The third kappa shape index (κ3) is 4.01. The summed E-state index contributed by atoms with van der Waals surface area (Å²) in [5.41, 5.74) is 0.489. The number of rotatable bonds is 5. The molecule has 4 saturated carbocycles. The fourth-order valence-electron chi connectivity index (χ4n) is 9.13. The second-order valence-corrected chi connectivity index (χ2v) is 12.1. The van der Waals surface area contributed by atoms with Crippen molar-refractivity contribution in [2.45, 2.75) is 104 Å². The van der Waals surface area contributed by atoms with E-state index in [0.29, 0.717) is 41.9 Å². The first kappa shape index (κ1) is 24.0. The quantitative estimate of drug-likeness (QED) is 0.590. The van der Waals surface area contributed by atoms with Gasteiger partial charge in [-0.1, -0.05) is 20.8 Å². The van der Waals surface area contributed by atoms with Gasteiger partial charge in [-0.05, 0) is 98.2 Å². The van der Waals surface area contributed by atoms with Crippen LogP contribution in [0.15, 0.2) is 0 Å². The van der Waals surface area contributed by atoms with Crippen molar-refractivity contribution in [3.63, 3.8) is 0 Å². The number of carbonyl (C=O) groups is 2. The van der Waals surface area contributed by atoms with Crippen molar-refractivity contribution >= 4 is 11.9 Å². The number of aliphatic hydroxyl groups excluding tert-OH is 1. The van der Waals surface area contributed by atoms with E-state index < -0.39 is 0 Å². The fraction of sp³-hybridized carbons (Fsp3) is 0.926. The van der Waals surface area contributed by atoms with Crippen LogP contribution in [0.25, 0.3) is 0 Å². The summed E-state index contributed by atoms with van der Waals surface area (Å²) < 4.78 is 10.9. The van der Waals surface area contributed by atoms with E-state index in [1.165, 1.54) is 32.8 Å². The molecule has 4 fully saturated rings. The zero-order valence-corrected chi connectivity index (χ0v) is 20.8. The van der Waals surface area contributed by atoms with Crippen molar-refractivity contribution in [1.82, 2.24) is 0 Å². The summed E-state index contributed by atoms with van der Waals surface area (Å²) in [7, 11) is 1.47. The zero-order valence-electron chi connectivity index (χ0n) is 20.8. The number of aliphatic hydroxyl groups is 1.